The lowest BCUT2D eigenvalue weighted by Crippen LogP contribution is -2.54. The third-order valence-corrected chi connectivity index (χ3v) is 4.11. The van der Waals surface area contributed by atoms with Crippen LogP contribution in [0.25, 0.3) is 0 Å². The van der Waals surface area contributed by atoms with Crippen LogP contribution in [0.1, 0.15) is 36.8 Å². The van der Waals surface area contributed by atoms with Crippen LogP contribution in [0.2, 0.25) is 0 Å². The Bertz CT molecular complexity index is 533. The van der Waals surface area contributed by atoms with Gasteiger partial charge in [0.15, 0.2) is 0 Å². The molecule has 1 aliphatic rings. The smallest absolute Gasteiger partial charge is 0.341 e. The van der Waals surface area contributed by atoms with Gasteiger partial charge < -0.3 is 14.5 Å². The Balaban J connectivity index is 2.24. The fourth-order valence-corrected chi connectivity index (χ4v) is 2.77. The highest BCUT2D eigenvalue weighted by molar-refractivity contribution is 5.90. The van der Waals surface area contributed by atoms with E-state index in [0.717, 1.165) is 19.6 Å². The Morgan fingerprint density at radius 2 is 2.18 bits per heavy atom. The molecule has 22 heavy (non-hydrogen) atoms. The number of piperazine rings is 1. The number of aromatic nitrogens is 2. The quantitative estimate of drug-likeness (QED) is 0.790. The van der Waals surface area contributed by atoms with Crippen LogP contribution in [0.15, 0.2) is 6.20 Å². The molecule has 0 aromatic carbocycles. The van der Waals surface area contributed by atoms with Gasteiger partial charge in [0, 0.05) is 31.9 Å². The largest absolute Gasteiger partial charge is 0.462 e. The molecule has 1 aliphatic heterocycles. The van der Waals surface area contributed by atoms with Crippen LogP contribution in [0.4, 0.5) is 5.95 Å². The van der Waals surface area contributed by atoms with Gasteiger partial charge in [-0.1, -0.05) is 13.8 Å². The summed E-state index contributed by atoms with van der Waals surface area (Å²) in [5.41, 5.74) is 1.12. The first-order valence-electron chi connectivity index (χ1n) is 7.90. The number of anilines is 1. The third kappa shape index (κ3) is 3.55. The minimum absolute atomic E-state index is 0.355. The Hall–Kier alpha value is -1.69. The fourth-order valence-electron chi connectivity index (χ4n) is 2.77. The number of aryl methyl sites for hydroxylation is 1. The molecular formula is C16H26N4O2. The summed E-state index contributed by atoms with van der Waals surface area (Å²) < 4.78 is 5.03. The molecule has 1 aromatic heterocycles. The van der Waals surface area contributed by atoms with Crippen LogP contribution < -0.4 is 4.90 Å². The number of carbonyl (C=O) groups is 1. The highest BCUT2D eigenvalue weighted by Gasteiger charge is 2.29. The predicted molar refractivity (Wildman–Crippen MR) is 86.2 cm³/mol. The average Bonchev–Trinajstić information content (AvgIpc) is 2.47. The first kappa shape index (κ1) is 16.7. The Kier molecular flexibility index (Phi) is 5.34. The van der Waals surface area contributed by atoms with Gasteiger partial charge in [-0.05, 0) is 26.8 Å². The van der Waals surface area contributed by atoms with E-state index in [1.807, 2.05) is 6.92 Å². The van der Waals surface area contributed by atoms with E-state index in [9.17, 15) is 4.79 Å². The van der Waals surface area contributed by atoms with E-state index in [0.29, 0.717) is 35.8 Å². The van der Waals surface area contributed by atoms with Crippen molar-refractivity contribution in [1.82, 2.24) is 14.9 Å². The van der Waals surface area contributed by atoms with Gasteiger partial charge in [0.1, 0.15) is 0 Å². The average molecular weight is 306 g/mol. The van der Waals surface area contributed by atoms with Crippen LogP contribution in [0.5, 0.6) is 0 Å². The van der Waals surface area contributed by atoms with Crippen molar-refractivity contribution >= 4 is 11.9 Å². The number of hydrogen-bond acceptors (Lipinski definition) is 6. The second-order valence-electron chi connectivity index (χ2n) is 6.16. The topological polar surface area (TPSA) is 58.6 Å². The zero-order chi connectivity index (χ0) is 16.3. The molecular weight excluding hydrogens is 280 g/mol. The third-order valence-electron chi connectivity index (χ3n) is 4.11. The first-order chi connectivity index (χ1) is 10.4. The summed E-state index contributed by atoms with van der Waals surface area (Å²) in [6, 6.07) is 0.381. The van der Waals surface area contributed by atoms with E-state index >= 15 is 0 Å². The maximum absolute atomic E-state index is 11.8. The summed E-state index contributed by atoms with van der Waals surface area (Å²) in [6.45, 7) is 11.3. The highest BCUT2D eigenvalue weighted by Crippen LogP contribution is 2.22. The van der Waals surface area contributed by atoms with Crippen molar-refractivity contribution in [2.75, 3.05) is 38.2 Å². The number of esters is 1. The number of rotatable bonds is 4. The van der Waals surface area contributed by atoms with Crippen LogP contribution in [-0.2, 0) is 4.74 Å². The van der Waals surface area contributed by atoms with Crippen molar-refractivity contribution in [3.05, 3.63) is 17.5 Å². The second kappa shape index (κ2) is 7.05. The Labute approximate surface area is 132 Å². The standard InChI is InChI=1S/C16H26N4O2/c1-6-22-15(21)13-9-17-16(18-12(13)4)20-8-7-19(5)10-14(20)11(2)3/h9,11,14H,6-8,10H2,1-5H3/t14-/m1/s1. The maximum Gasteiger partial charge on any atom is 0.341 e. The lowest BCUT2D eigenvalue weighted by molar-refractivity contribution is 0.0524. The Morgan fingerprint density at radius 3 is 2.77 bits per heavy atom. The van der Waals surface area contributed by atoms with Crippen LogP contribution in [0.3, 0.4) is 0 Å². The van der Waals surface area contributed by atoms with Gasteiger partial charge in [0.2, 0.25) is 5.95 Å². The zero-order valence-corrected chi connectivity index (χ0v) is 14.2. The molecule has 1 fully saturated rings. The van der Waals surface area contributed by atoms with Crippen LogP contribution in [0, 0.1) is 12.8 Å². The zero-order valence-electron chi connectivity index (χ0n) is 14.2. The highest BCUT2D eigenvalue weighted by atomic mass is 16.5. The SMILES string of the molecule is CCOC(=O)c1cnc(N2CCN(C)C[C@@H]2C(C)C)nc1C. The van der Waals surface area contributed by atoms with Gasteiger partial charge in [0.25, 0.3) is 0 Å². The number of likely N-dealkylation sites (N-methyl/N-ethyl adjacent to an activating group) is 1. The molecule has 6 heteroatoms. The number of hydrogen-bond donors (Lipinski definition) is 0. The molecule has 0 saturated carbocycles. The molecule has 0 unspecified atom stereocenters. The summed E-state index contributed by atoms with van der Waals surface area (Å²) in [4.78, 5) is 25.4. The molecule has 1 saturated heterocycles. The molecule has 122 valence electrons. The van der Waals surface area contributed by atoms with Crippen molar-refractivity contribution in [2.45, 2.75) is 33.7 Å². The molecule has 6 nitrogen and oxygen atoms in total. The van der Waals surface area contributed by atoms with Gasteiger partial charge in [-0.3, -0.25) is 0 Å². The predicted octanol–water partition coefficient (Wildman–Crippen LogP) is 1.74. The van der Waals surface area contributed by atoms with Gasteiger partial charge in [-0.25, -0.2) is 14.8 Å². The molecule has 1 atom stereocenters. The van der Waals surface area contributed by atoms with Gasteiger partial charge >= 0.3 is 5.97 Å². The molecule has 0 N–H and O–H groups in total. The van der Waals surface area contributed by atoms with Gasteiger partial charge in [0.05, 0.1) is 17.9 Å². The number of carbonyl (C=O) groups excluding carboxylic acids is 1. The molecule has 2 heterocycles. The second-order valence-corrected chi connectivity index (χ2v) is 6.16. The summed E-state index contributed by atoms with van der Waals surface area (Å²) in [7, 11) is 2.14. The van der Waals surface area contributed by atoms with Crippen LogP contribution in [-0.4, -0.2) is 60.2 Å². The molecule has 0 aliphatic carbocycles. The molecule has 0 bridgehead atoms. The summed E-state index contributed by atoms with van der Waals surface area (Å²) in [5, 5.41) is 0. The minimum atomic E-state index is -0.356. The molecule has 0 radical (unpaired) electrons. The van der Waals surface area contributed by atoms with Gasteiger partial charge in [-0.2, -0.15) is 0 Å². The van der Waals surface area contributed by atoms with E-state index < -0.39 is 0 Å². The van der Waals surface area contributed by atoms with E-state index in [1.54, 1.807) is 13.1 Å². The van der Waals surface area contributed by atoms with E-state index in [-0.39, 0.29) is 5.97 Å². The van der Waals surface area contributed by atoms with Gasteiger partial charge in [-0.15, -0.1) is 0 Å². The first-order valence-corrected chi connectivity index (χ1v) is 7.90. The van der Waals surface area contributed by atoms with E-state index in [4.69, 9.17) is 4.74 Å². The summed E-state index contributed by atoms with van der Waals surface area (Å²) >= 11 is 0. The summed E-state index contributed by atoms with van der Waals surface area (Å²) in [6.07, 6.45) is 1.59. The normalized spacial score (nSPS) is 19.5. The molecule has 1 aromatic rings. The number of ether oxygens (including phenoxy) is 1. The van der Waals surface area contributed by atoms with E-state index in [2.05, 4.69) is 40.7 Å². The van der Waals surface area contributed by atoms with Crippen molar-refractivity contribution < 1.29 is 9.53 Å². The van der Waals surface area contributed by atoms with E-state index in [1.165, 1.54) is 0 Å². The minimum Gasteiger partial charge on any atom is -0.462 e. The van der Waals surface area contributed by atoms with Crippen molar-refractivity contribution in [2.24, 2.45) is 5.92 Å². The lowest BCUT2D eigenvalue weighted by Gasteiger charge is -2.42. The lowest BCUT2D eigenvalue weighted by atomic mass is 10.0. The monoisotopic (exact) mass is 306 g/mol. The number of nitrogens with zero attached hydrogens (tertiary/aromatic N) is 4. The molecule has 0 spiro atoms. The maximum atomic E-state index is 11.8. The van der Waals surface area contributed by atoms with Crippen molar-refractivity contribution in [3.8, 4) is 0 Å². The van der Waals surface area contributed by atoms with Crippen LogP contribution >= 0.6 is 0 Å². The fraction of sp³-hybridized carbons (Fsp3) is 0.688. The Morgan fingerprint density at radius 1 is 1.45 bits per heavy atom. The van der Waals surface area contributed by atoms with Crippen molar-refractivity contribution in [1.29, 1.82) is 0 Å². The van der Waals surface area contributed by atoms with Crippen molar-refractivity contribution in [3.63, 3.8) is 0 Å². The molecule has 2 rings (SSSR count). The molecule has 0 amide bonds. The summed E-state index contributed by atoms with van der Waals surface area (Å²) in [5.74, 6) is 0.860.